The second kappa shape index (κ2) is 8.26. The summed E-state index contributed by atoms with van der Waals surface area (Å²) in [6.07, 6.45) is 3.17. The van der Waals surface area contributed by atoms with Gasteiger partial charge in [-0.25, -0.2) is 4.68 Å². The van der Waals surface area contributed by atoms with Gasteiger partial charge in [0.05, 0.1) is 18.7 Å². The van der Waals surface area contributed by atoms with E-state index in [4.69, 9.17) is 0 Å². The van der Waals surface area contributed by atoms with Crippen molar-refractivity contribution in [2.45, 2.75) is 25.8 Å². The quantitative estimate of drug-likeness (QED) is 0.728. The third-order valence-electron chi connectivity index (χ3n) is 5.10. The number of hydrogen-bond acceptors (Lipinski definition) is 4. The lowest BCUT2D eigenvalue weighted by Gasteiger charge is -2.16. The summed E-state index contributed by atoms with van der Waals surface area (Å²) in [6, 6.07) is 17.5. The van der Waals surface area contributed by atoms with Gasteiger partial charge in [-0.15, -0.1) is 5.10 Å². The van der Waals surface area contributed by atoms with Crippen LogP contribution in [0.2, 0.25) is 0 Å². The van der Waals surface area contributed by atoms with Crippen molar-refractivity contribution in [2.24, 2.45) is 0 Å². The van der Waals surface area contributed by atoms with Crippen molar-refractivity contribution in [3.05, 3.63) is 66.4 Å². The first kappa shape index (κ1) is 18.9. The number of likely N-dealkylation sites (tertiary alicyclic amines) is 1. The van der Waals surface area contributed by atoms with Gasteiger partial charge in [0.25, 0.3) is 0 Å². The molecule has 4 rings (SSSR count). The highest BCUT2D eigenvalue weighted by atomic mass is 16.2. The minimum Gasteiger partial charge on any atom is -0.340 e. The van der Waals surface area contributed by atoms with Crippen molar-refractivity contribution < 1.29 is 9.59 Å². The molecule has 0 aliphatic carbocycles. The number of nitrogens with one attached hydrogen (secondary N) is 1. The molecule has 0 bridgehead atoms. The van der Waals surface area contributed by atoms with Crippen LogP contribution in [0, 0.1) is 0 Å². The van der Waals surface area contributed by atoms with E-state index < -0.39 is 0 Å². The predicted octanol–water partition coefficient (Wildman–Crippen LogP) is 2.92. The number of rotatable bonds is 5. The highest BCUT2D eigenvalue weighted by Gasteiger charge is 2.28. The van der Waals surface area contributed by atoms with Crippen LogP contribution >= 0.6 is 0 Å². The number of carbonyl (C=O) groups excluding carboxylic acids is 2. The Balaban J connectivity index is 1.35. The maximum Gasteiger partial charge on any atom is 0.227 e. The fourth-order valence-corrected chi connectivity index (χ4v) is 3.58. The van der Waals surface area contributed by atoms with Gasteiger partial charge in [0.1, 0.15) is 5.69 Å². The summed E-state index contributed by atoms with van der Waals surface area (Å²) in [5.41, 5.74) is 3.54. The van der Waals surface area contributed by atoms with E-state index in [2.05, 4.69) is 15.6 Å². The molecule has 7 nitrogen and oxygen atoms in total. The third kappa shape index (κ3) is 4.51. The van der Waals surface area contributed by atoms with Gasteiger partial charge in [0.2, 0.25) is 11.8 Å². The largest absolute Gasteiger partial charge is 0.340 e. The molecule has 1 fully saturated rings. The summed E-state index contributed by atoms with van der Waals surface area (Å²) in [7, 11) is 0. The van der Waals surface area contributed by atoms with Gasteiger partial charge >= 0.3 is 0 Å². The summed E-state index contributed by atoms with van der Waals surface area (Å²) in [4.78, 5) is 25.7. The van der Waals surface area contributed by atoms with Gasteiger partial charge in [-0.2, -0.15) is 0 Å². The Morgan fingerprint density at radius 3 is 2.59 bits per heavy atom. The number of nitrogens with zero attached hydrogens (tertiary/aromatic N) is 4. The fourth-order valence-electron chi connectivity index (χ4n) is 3.58. The second-order valence-corrected chi connectivity index (χ2v) is 7.29. The van der Waals surface area contributed by atoms with Gasteiger partial charge in [0.15, 0.2) is 0 Å². The SMILES string of the molecule is CC(=O)Nc1ccc(CC(=O)N2CC[C@H](n3cc(-c4ccccc4)nn3)C2)cc1. The Bertz CT molecular complexity index is 998. The van der Waals surface area contributed by atoms with Crippen molar-refractivity contribution in [3.63, 3.8) is 0 Å². The lowest BCUT2D eigenvalue weighted by atomic mass is 10.1. The summed E-state index contributed by atoms with van der Waals surface area (Å²) >= 11 is 0. The Hall–Kier alpha value is -3.48. The summed E-state index contributed by atoms with van der Waals surface area (Å²) in [5, 5.41) is 11.3. The lowest BCUT2D eigenvalue weighted by Crippen LogP contribution is -2.30. The molecule has 2 aromatic carbocycles. The van der Waals surface area contributed by atoms with Crippen LogP contribution in [-0.4, -0.2) is 44.8 Å². The maximum atomic E-state index is 12.7. The molecule has 1 aromatic heterocycles. The first-order valence-electron chi connectivity index (χ1n) is 9.70. The van der Waals surface area contributed by atoms with Crippen molar-refractivity contribution in [2.75, 3.05) is 18.4 Å². The van der Waals surface area contributed by atoms with Gasteiger partial charge in [-0.3, -0.25) is 9.59 Å². The van der Waals surface area contributed by atoms with Crippen LogP contribution in [0.15, 0.2) is 60.8 Å². The number of carbonyl (C=O) groups is 2. The molecule has 1 atom stereocenters. The molecule has 1 aliphatic rings. The van der Waals surface area contributed by atoms with Crippen LogP contribution in [0.25, 0.3) is 11.3 Å². The molecule has 2 heterocycles. The van der Waals surface area contributed by atoms with Crippen LogP contribution in [0.4, 0.5) is 5.69 Å². The van der Waals surface area contributed by atoms with Crippen LogP contribution in [0.1, 0.15) is 24.9 Å². The van der Waals surface area contributed by atoms with Crippen LogP contribution in [0.3, 0.4) is 0 Å². The van der Waals surface area contributed by atoms with Crippen molar-refractivity contribution >= 4 is 17.5 Å². The van der Waals surface area contributed by atoms with Gasteiger partial charge < -0.3 is 10.2 Å². The first-order valence-corrected chi connectivity index (χ1v) is 9.70. The minimum atomic E-state index is -0.111. The molecule has 7 heteroatoms. The molecule has 0 spiro atoms. The number of anilines is 1. The van der Waals surface area contributed by atoms with E-state index in [1.807, 2.05) is 70.4 Å². The second-order valence-electron chi connectivity index (χ2n) is 7.29. The average molecular weight is 389 g/mol. The predicted molar refractivity (Wildman–Crippen MR) is 110 cm³/mol. The van der Waals surface area contributed by atoms with Gasteiger partial charge in [-0.1, -0.05) is 47.7 Å². The molecule has 29 heavy (non-hydrogen) atoms. The zero-order valence-electron chi connectivity index (χ0n) is 16.3. The fraction of sp³-hybridized carbons (Fsp3) is 0.273. The zero-order valence-corrected chi connectivity index (χ0v) is 16.3. The molecule has 148 valence electrons. The van der Waals surface area contributed by atoms with E-state index in [-0.39, 0.29) is 17.9 Å². The van der Waals surface area contributed by atoms with Crippen LogP contribution in [-0.2, 0) is 16.0 Å². The average Bonchev–Trinajstić information content (AvgIpc) is 3.39. The molecular formula is C22H23N5O2. The monoisotopic (exact) mass is 389 g/mol. The molecule has 0 unspecified atom stereocenters. The van der Waals surface area contributed by atoms with E-state index in [9.17, 15) is 9.59 Å². The van der Waals surface area contributed by atoms with E-state index in [1.165, 1.54) is 6.92 Å². The first-order chi connectivity index (χ1) is 14.1. The summed E-state index contributed by atoms with van der Waals surface area (Å²) in [6.45, 7) is 2.83. The minimum absolute atomic E-state index is 0.100. The van der Waals surface area contributed by atoms with Crippen molar-refractivity contribution in [1.29, 1.82) is 0 Å². The molecule has 0 radical (unpaired) electrons. The molecule has 1 N–H and O–H groups in total. The normalized spacial score (nSPS) is 16.0. The summed E-state index contributed by atoms with van der Waals surface area (Å²) < 4.78 is 1.87. The molecule has 2 amide bonds. The molecule has 3 aromatic rings. The number of amides is 2. The highest BCUT2D eigenvalue weighted by molar-refractivity contribution is 5.88. The third-order valence-corrected chi connectivity index (χ3v) is 5.10. The Morgan fingerprint density at radius 2 is 1.86 bits per heavy atom. The lowest BCUT2D eigenvalue weighted by molar-refractivity contribution is -0.129. The van der Waals surface area contributed by atoms with E-state index in [0.717, 1.165) is 28.9 Å². The van der Waals surface area contributed by atoms with E-state index in [0.29, 0.717) is 19.5 Å². The zero-order chi connectivity index (χ0) is 20.2. The van der Waals surface area contributed by atoms with Crippen LogP contribution in [0.5, 0.6) is 0 Å². The topological polar surface area (TPSA) is 80.1 Å². The standard InChI is InChI=1S/C22H23N5O2/c1-16(28)23-19-9-7-17(8-10-19)13-22(29)26-12-11-20(14-26)27-15-21(24-25-27)18-5-3-2-4-6-18/h2-10,15,20H,11-14H2,1H3,(H,23,28)/t20-/m0/s1. The highest BCUT2D eigenvalue weighted by Crippen LogP contribution is 2.24. The molecule has 1 aliphatic heterocycles. The smallest absolute Gasteiger partial charge is 0.227 e. The number of benzene rings is 2. The summed E-state index contributed by atoms with van der Waals surface area (Å²) in [5.74, 6) is -0.0105. The van der Waals surface area contributed by atoms with Gasteiger partial charge in [-0.05, 0) is 24.1 Å². The molecule has 1 saturated heterocycles. The van der Waals surface area contributed by atoms with Crippen molar-refractivity contribution in [1.82, 2.24) is 19.9 Å². The van der Waals surface area contributed by atoms with E-state index in [1.54, 1.807) is 0 Å². The van der Waals surface area contributed by atoms with Crippen molar-refractivity contribution in [3.8, 4) is 11.3 Å². The van der Waals surface area contributed by atoms with Crippen LogP contribution < -0.4 is 5.32 Å². The number of hydrogen-bond donors (Lipinski definition) is 1. The Kier molecular flexibility index (Phi) is 5.37. The Labute approximate surface area is 169 Å². The van der Waals surface area contributed by atoms with Gasteiger partial charge in [0, 0.05) is 31.3 Å². The maximum absolute atomic E-state index is 12.7. The number of aromatic nitrogens is 3. The molecular weight excluding hydrogens is 366 g/mol. The Morgan fingerprint density at radius 1 is 1.10 bits per heavy atom. The van der Waals surface area contributed by atoms with E-state index >= 15 is 0 Å². The molecule has 0 saturated carbocycles.